The lowest BCUT2D eigenvalue weighted by molar-refractivity contribution is -0.123. The number of nitrogens with one attached hydrogen (secondary N) is 1. The lowest BCUT2D eigenvalue weighted by Crippen LogP contribution is -2.28. The van der Waals surface area contributed by atoms with Crippen LogP contribution in [0.1, 0.15) is 11.1 Å². The minimum Gasteiger partial charge on any atom is -0.483 e. The van der Waals surface area contributed by atoms with E-state index in [1.807, 2.05) is 22.9 Å². The number of carbonyl (C=O) groups is 1. The summed E-state index contributed by atoms with van der Waals surface area (Å²) >= 11 is 6.53. The van der Waals surface area contributed by atoms with Gasteiger partial charge in [0.1, 0.15) is 10.7 Å². The number of benzene rings is 1. The van der Waals surface area contributed by atoms with Gasteiger partial charge < -0.3 is 15.8 Å². The van der Waals surface area contributed by atoms with Gasteiger partial charge in [-0.25, -0.2) is 0 Å². The fourth-order valence-corrected chi connectivity index (χ4v) is 2.42. The molecule has 1 heterocycles. The number of thiocarbonyl (C=S) groups is 1. The van der Waals surface area contributed by atoms with E-state index in [0.29, 0.717) is 17.9 Å². The molecule has 0 unspecified atom stereocenters. The van der Waals surface area contributed by atoms with E-state index in [4.69, 9.17) is 22.7 Å². The van der Waals surface area contributed by atoms with Crippen molar-refractivity contribution in [1.82, 2.24) is 5.32 Å². The largest absolute Gasteiger partial charge is 0.483 e. The number of ether oxygens (including phenoxy) is 1. The van der Waals surface area contributed by atoms with Gasteiger partial charge in [-0.15, -0.1) is 0 Å². The maximum atomic E-state index is 11.7. The van der Waals surface area contributed by atoms with Crippen molar-refractivity contribution in [2.75, 3.05) is 6.61 Å². The first-order chi connectivity index (χ1) is 9.66. The average Bonchev–Trinajstić information content (AvgIpc) is 2.96. The first kappa shape index (κ1) is 14.5. The molecule has 0 saturated heterocycles. The predicted octanol–water partition coefficient (Wildman–Crippen LogP) is 2.08. The summed E-state index contributed by atoms with van der Waals surface area (Å²) in [6.07, 6.45) is 0. The van der Waals surface area contributed by atoms with Crippen LogP contribution in [0.25, 0.3) is 0 Å². The monoisotopic (exact) mass is 306 g/mol. The second-order valence-electron chi connectivity index (χ2n) is 4.06. The first-order valence-corrected chi connectivity index (χ1v) is 7.31. The molecule has 6 heteroatoms. The van der Waals surface area contributed by atoms with Crippen LogP contribution in [0.3, 0.4) is 0 Å². The third-order valence-electron chi connectivity index (χ3n) is 2.58. The fraction of sp³-hybridized carbons (Fsp3) is 0.143. The molecule has 0 fully saturated rings. The zero-order valence-electron chi connectivity index (χ0n) is 10.7. The van der Waals surface area contributed by atoms with E-state index in [1.165, 1.54) is 0 Å². The van der Waals surface area contributed by atoms with Crippen molar-refractivity contribution in [3.05, 3.63) is 52.2 Å². The van der Waals surface area contributed by atoms with Crippen molar-refractivity contribution < 1.29 is 9.53 Å². The van der Waals surface area contributed by atoms with E-state index < -0.39 is 0 Å². The van der Waals surface area contributed by atoms with E-state index in [0.717, 1.165) is 5.56 Å². The Labute approximate surface area is 126 Å². The summed E-state index contributed by atoms with van der Waals surface area (Å²) in [5, 5.41) is 6.74. The van der Waals surface area contributed by atoms with Crippen LogP contribution in [0.5, 0.6) is 5.75 Å². The second-order valence-corrected chi connectivity index (χ2v) is 5.28. The topological polar surface area (TPSA) is 64.3 Å². The molecular formula is C14H14N2O2S2. The molecule has 0 aliphatic carbocycles. The summed E-state index contributed by atoms with van der Waals surface area (Å²) in [5.74, 6) is 0.333. The maximum Gasteiger partial charge on any atom is 0.258 e. The van der Waals surface area contributed by atoms with Crippen LogP contribution in [0.15, 0.2) is 41.1 Å². The smallest absolute Gasteiger partial charge is 0.258 e. The molecule has 4 nitrogen and oxygen atoms in total. The van der Waals surface area contributed by atoms with Gasteiger partial charge in [-0.1, -0.05) is 24.4 Å². The minimum absolute atomic E-state index is 0.0657. The Balaban J connectivity index is 1.85. The van der Waals surface area contributed by atoms with Crippen molar-refractivity contribution in [3.63, 3.8) is 0 Å². The molecule has 1 aromatic carbocycles. The number of rotatable bonds is 6. The van der Waals surface area contributed by atoms with Gasteiger partial charge in [-0.2, -0.15) is 11.3 Å². The molecule has 2 aromatic rings. The molecule has 0 saturated carbocycles. The highest BCUT2D eigenvalue weighted by atomic mass is 32.1. The van der Waals surface area contributed by atoms with Gasteiger partial charge in [-0.3, -0.25) is 4.79 Å². The second kappa shape index (κ2) is 7.02. The van der Waals surface area contributed by atoms with Crippen molar-refractivity contribution in [2.45, 2.75) is 6.54 Å². The standard InChI is InChI=1S/C14H14N2O2S2/c15-14(19)11-3-1-2-4-12(11)18-8-13(17)16-7-10-5-6-20-9-10/h1-6,9H,7-8H2,(H2,15,19)(H,16,17). The normalized spacial score (nSPS) is 10.0. The van der Waals surface area contributed by atoms with Crippen LogP contribution in [0.2, 0.25) is 0 Å². The number of thiophene rings is 1. The third-order valence-corrected chi connectivity index (χ3v) is 3.53. The van der Waals surface area contributed by atoms with E-state index in [2.05, 4.69) is 5.32 Å². The molecule has 20 heavy (non-hydrogen) atoms. The van der Waals surface area contributed by atoms with E-state index in [-0.39, 0.29) is 17.5 Å². The quantitative estimate of drug-likeness (QED) is 0.802. The molecule has 1 aromatic heterocycles. The van der Waals surface area contributed by atoms with Crippen molar-refractivity contribution in [2.24, 2.45) is 5.73 Å². The molecule has 104 valence electrons. The zero-order valence-corrected chi connectivity index (χ0v) is 12.3. The van der Waals surface area contributed by atoms with Crippen LogP contribution >= 0.6 is 23.6 Å². The van der Waals surface area contributed by atoms with Crippen molar-refractivity contribution >= 4 is 34.5 Å². The highest BCUT2D eigenvalue weighted by Crippen LogP contribution is 2.17. The van der Waals surface area contributed by atoms with Crippen molar-refractivity contribution in [1.29, 1.82) is 0 Å². The van der Waals surface area contributed by atoms with Crippen LogP contribution in [-0.2, 0) is 11.3 Å². The van der Waals surface area contributed by atoms with Crippen molar-refractivity contribution in [3.8, 4) is 5.75 Å². The van der Waals surface area contributed by atoms with Gasteiger partial charge in [0.15, 0.2) is 6.61 Å². The summed E-state index contributed by atoms with van der Waals surface area (Å²) in [7, 11) is 0. The number of para-hydroxylation sites is 1. The fourth-order valence-electron chi connectivity index (χ4n) is 1.58. The lowest BCUT2D eigenvalue weighted by Gasteiger charge is -2.10. The van der Waals surface area contributed by atoms with E-state index in [9.17, 15) is 4.79 Å². The number of nitrogens with two attached hydrogens (primary N) is 1. The molecule has 0 atom stereocenters. The molecule has 1 amide bonds. The van der Waals surface area contributed by atoms with Crippen LogP contribution < -0.4 is 15.8 Å². The Kier molecular flexibility index (Phi) is 5.09. The molecule has 0 aliphatic rings. The lowest BCUT2D eigenvalue weighted by atomic mass is 10.2. The summed E-state index contributed by atoms with van der Waals surface area (Å²) in [4.78, 5) is 11.9. The van der Waals surface area contributed by atoms with Gasteiger partial charge >= 0.3 is 0 Å². The summed E-state index contributed by atoms with van der Waals surface area (Å²) in [6.45, 7) is 0.437. The highest BCUT2D eigenvalue weighted by molar-refractivity contribution is 7.80. The summed E-state index contributed by atoms with van der Waals surface area (Å²) in [6, 6.07) is 9.09. The number of amides is 1. The average molecular weight is 306 g/mol. The van der Waals surface area contributed by atoms with Gasteiger partial charge in [0.25, 0.3) is 5.91 Å². The Bertz CT molecular complexity index is 597. The SMILES string of the molecule is NC(=S)c1ccccc1OCC(=O)NCc1ccsc1. The highest BCUT2D eigenvalue weighted by Gasteiger charge is 2.08. The molecule has 0 aliphatic heterocycles. The van der Waals surface area contributed by atoms with E-state index in [1.54, 1.807) is 29.5 Å². The molecule has 0 radical (unpaired) electrons. The summed E-state index contributed by atoms with van der Waals surface area (Å²) in [5.41, 5.74) is 7.30. The van der Waals surface area contributed by atoms with Gasteiger partial charge in [-0.05, 0) is 34.5 Å². The predicted molar refractivity (Wildman–Crippen MR) is 84.0 cm³/mol. The molecule has 3 N–H and O–H groups in total. The number of hydrogen-bond acceptors (Lipinski definition) is 4. The number of hydrogen-bond donors (Lipinski definition) is 2. The van der Waals surface area contributed by atoms with Gasteiger partial charge in [0.05, 0.1) is 5.56 Å². The Morgan fingerprint density at radius 3 is 2.85 bits per heavy atom. The molecule has 0 spiro atoms. The molecule has 2 rings (SSSR count). The van der Waals surface area contributed by atoms with Gasteiger partial charge in [0.2, 0.25) is 0 Å². The first-order valence-electron chi connectivity index (χ1n) is 5.96. The van der Waals surface area contributed by atoms with Crippen LogP contribution in [0.4, 0.5) is 0 Å². The Hall–Kier alpha value is -1.92. The minimum atomic E-state index is -0.186. The maximum absolute atomic E-state index is 11.7. The number of carbonyl (C=O) groups excluding carboxylic acids is 1. The molecule has 0 bridgehead atoms. The Morgan fingerprint density at radius 2 is 2.15 bits per heavy atom. The van der Waals surface area contributed by atoms with Gasteiger partial charge in [0, 0.05) is 6.54 Å². The molecular weight excluding hydrogens is 292 g/mol. The van der Waals surface area contributed by atoms with Crippen LogP contribution in [0, 0.1) is 0 Å². The zero-order chi connectivity index (χ0) is 14.4. The summed E-state index contributed by atoms with van der Waals surface area (Å²) < 4.78 is 5.45. The third kappa shape index (κ3) is 4.04. The van der Waals surface area contributed by atoms with E-state index >= 15 is 0 Å². The Morgan fingerprint density at radius 1 is 1.35 bits per heavy atom. The van der Waals surface area contributed by atoms with Crippen LogP contribution in [-0.4, -0.2) is 17.5 Å².